The molecule has 2 N–H and O–H groups in total. The SMILES string of the molecule is Cn1nc(C(=O)Nc2cccc(C(=O)N3CCCCC3C(=O)O)c2)cc1C1CC1. The van der Waals surface area contributed by atoms with Gasteiger partial charge in [-0.3, -0.25) is 14.3 Å². The second-order valence-corrected chi connectivity index (χ2v) is 7.74. The zero-order chi connectivity index (χ0) is 20.5. The summed E-state index contributed by atoms with van der Waals surface area (Å²) in [6.45, 7) is 0.421. The molecule has 1 saturated carbocycles. The van der Waals surface area contributed by atoms with Gasteiger partial charge >= 0.3 is 5.97 Å². The molecular weight excluding hydrogens is 372 g/mol. The second-order valence-electron chi connectivity index (χ2n) is 7.74. The van der Waals surface area contributed by atoms with Gasteiger partial charge in [-0.05, 0) is 56.4 Å². The van der Waals surface area contributed by atoms with E-state index in [0.717, 1.165) is 31.4 Å². The summed E-state index contributed by atoms with van der Waals surface area (Å²) in [6, 6.07) is 7.60. The standard InChI is InChI=1S/C21H24N4O4/c1-24-18(13-8-9-13)12-16(23-24)19(26)22-15-6-4-5-14(11-15)20(27)25-10-3-2-7-17(25)21(28)29/h4-6,11-13,17H,2-3,7-10H2,1H3,(H,22,26)(H,28,29). The number of aliphatic carboxylic acids is 1. The number of anilines is 1. The van der Waals surface area contributed by atoms with Crippen LogP contribution in [0.2, 0.25) is 0 Å². The van der Waals surface area contributed by atoms with Gasteiger partial charge in [-0.1, -0.05) is 6.07 Å². The zero-order valence-corrected chi connectivity index (χ0v) is 16.3. The molecule has 2 aliphatic rings. The van der Waals surface area contributed by atoms with E-state index in [1.165, 1.54) is 4.90 Å². The van der Waals surface area contributed by atoms with Crippen molar-refractivity contribution in [2.75, 3.05) is 11.9 Å². The van der Waals surface area contributed by atoms with Gasteiger partial charge in [0.2, 0.25) is 0 Å². The monoisotopic (exact) mass is 396 g/mol. The summed E-state index contributed by atoms with van der Waals surface area (Å²) in [4.78, 5) is 38.4. The molecule has 2 aromatic rings. The molecular formula is C21H24N4O4. The molecule has 29 heavy (non-hydrogen) atoms. The predicted octanol–water partition coefficient (Wildman–Crippen LogP) is 2.63. The van der Waals surface area contributed by atoms with Crippen molar-refractivity contribution in [3.8, 4) is 0 Å². The Kier molecular flexibility index (Phi) is 5.08. The van der Waals surface area contributed by atoms with E-state index in [0.29, 0.717) is 35.8 Å². The number of amides is 2. The van der Waals surface area contributed by atoms with Crippen molar-refractivity contribution in [1.82, 2.24) is 14.7 Å². The summed E-state index contributed by atoms with van der Waals surface area (Å²) in [5, 5.41) is 16.5. The van der Waals surface area contributed by atoms with Crippen LogP contribution in [-0.2, 0) is 11.8 Å². The summed E-state index contributed by atoms with van der Waals surface area (Å²) < 4.78 is 1.74. The third-order valence-electron chi connectivity index (χ3n) is 5.56. The molecule has 2 amide bonds. The summed E-state index contributed by atoms with van der Waals surface area (Å²) in [7, 11) is 1.83. The van der Waals surface area contributed by atoms with E-state index in [2.05, 4.69) is 10.4 Å². The Labute approximate surface area is 168 Å². The predicted molar refractivity (Wildman–Crippen MR) is 106 cm³/mol. The second kappa shape index (κ2) is 7.69. The van der Waals surface area contributed by atoms with Gasteiger partial charge in [0.25, 0.3) is 11.8 Å². The number of aromatic nitrogens is 2. The van der Waals surface area contributed by atoms with Crippen LogP contribution in [0.4, 0.5) is 5.69 Å². The number of aryl methyl sites for hydroxylation is 1. The Bertz CT molecular complexity index is 963. The lowest BCUT2D eigenvalue weighted by Crippen LogP contribution is -2.48. The van der Waals surface area contributed by atoms with E-state index in [1.54, 1.807) is 28.9 Å². The van der Waals surface area contributed by atoms with Crippen LogP contribution in [0.15, 0.2) is 30.3 Å². The number of carboxylic acids is 1. The lowest BCUT2D eigenvalue weighted by molar-refractivity contribution is -0.143. The van der Waals surface area contributed by atoms with Crippen molar-refractivity contribution in [3.63, 3.8) is 0 Å². The van der Waals surface area contributed by atoms with Crippen LogP contribution in [0, 0.1) is 0 Å². The molecule has 0 bridgehead atoms. The Balaban J connectivity index is 1.49. The average molecular weight is 396 g/mol. The number of rotatable bonds is 5. The first-order valence-corrected chi connectivity index (χ1v) is 9.93. The summed E-state index contributed by atoms with van der Waals surface area (Å²) in [5.41, 5.74) is 2.23. The van der Waals surface area contributed by atoms with E-state index >= 15 is 0 Å². The molecule has 1 aliphatic heterocycles. The minimum absolute atomic E-state index is 0.331. The molecule has 1 saturated heterocycles. The highest BCUT2D eigenvalue weighted by molar-refractivity contribution is 6.04. The largest absolute Gasteiger partial charge is 0.480 e. The van der Waals surface area contributed by atoms with Crippen LogP contribution in [-0.4, -0.2) is 50.2 Å². The summed E-state index contributed by atoms with van der Waals surface area (Å²) in [5.74, 6) is -1.16. The van der Waals surface area contributed by atoms with E-state index in [-0.39, 0.29) is 11.8 Å². The van der Waals surface area contributed by atoms with Crippen molar-refractivity contribution >= 4 is 23.5 Å². The van der Waals surface area contributed by atoms with Crippen molar-refractivity contribution in [2.24, 2.45) is 7.05 Å². The van der Waals surface area contributed by atoms with Crippen LogP contribution >= 0.6 is 0 Å². The fraction of sp³-hybridized carbons (Fsp3) is 0.429. The van der Waals surface area contributed by atoms with Crippen LogP contribution in [0.3, 0.4) is 0 Å². The quantitative estimate of drug-likeness (QED) is 0.808. The summed E-state index contributed by atoms with van der Waals surface area (Å²) in [6.07, 6.45) is 4.29. The fourth-order valence-electron chi connectivity index (χ4n) is 3.88. The van der Waals surface area contributed by atoms with Crippen LogP contribution in [0.1, 0.15) is 64.6 Å². The summed E-state index contributed by atoms with van der Waals surface area (Å²) >= 11 is 0. The average Bonchev–Trinajstić information content (AvgIpc) is 3.49. The molecule has 4 rings (SSSR count). The van der Waals surface area contributed by atoms with Gasteiger partial charge in [0.15, 0.2) is 5.69 Å². The number of carbonyl (C=O) groups excluding carboxylic acids is 2. The Morgan fingerprint density at radius 2 is 1.93 bits per heavy atom. The molecule has 1 aliphatic carbocycles. The molecule has 0 spiro atoms. The van der Waals surface area contributed by atoms with Crippen molar-refractivity contribution < 1.29 is 19.5 Å². The Hall–Kier alpha value is -3.16. The van der Waals surface area contributed by atoms with Crippen LogP contribution in [0.5, 0.6) is 0 Å². The number of nitrogens with one attached hydrogen (secondary N) is 1. The van der Waals surface area contributed by atoms with Gasteiger partial charge in [0, 0.05) is 36.5 Å². The van der Waals surface area contributed by atoms with Gasteiger partial charge in [-0.15, -0.1) is 0 Å². The third kappa shape index (κ3) is 4.01. The first-order valence-electron chi connectivity index (χ1n) is 9.93. The molecule has 152 valence electrons. The molecule has 2 fully saturated rings. The lowest BCUT2D eigenvalue weighted by Gasteiger charge is -2.33. The van der Waals surface area contributed by atoms with Crippen LogP contribution in [0.25, 0.3) is 0 Å². The molecule has 8 nitrogen and oxygen atoms in total. The topological polar surface area (TPSA) is 105 Å². The van der Waals surface area contributed by atoms with Crippen molar-refractivity contribution in [1.29, 1.82) is 0 Å². The highest BCUT2D eigenvalue weighted by Crippen LogP contribution is 2.40. The number of hydrogen-bond donors (Lipinski definition) is 2. The molecule has 1 atom stereocenters. The number of hydrogen-bond acceptors (Lipinski definition) is 4. The number of likely N-dealkylation sites (tertiary alicyclic amines) is 1. The van der Waals surface area contributed by atoms with E-state index in [9.17, 15) is 19.5 Å². The minimum Gasteiger partial charge on any atom is -0.480 e. The van der Waals surface area contributed by atoms with Gasteiger partial charge in [-0.2, -0.15) is 5.10 Å². The minimum atomic E-state index is -0.982. The van der Waals surface area contributed by atoms with Gasteiger partial charge in [0.1, 0.15) is 6.04 Å². The normalized spacial score (nSPS) is 19.1. The number of carbonyl (C=O) groups is 3. The molecule has 1 unspecified atom stereocenters. The zero-order valence-electron chi connectivity index (χ0n) is 16.3. The van der Waals surface area contributed by atoms with E-state index in [4.69, 9.17) is 0 Å². The maximum Gasteiger partial charge on any atom is 0.326 e. The van der Waals surface area contributed by atoms with Gasteiger partial charge < -0.3 is 15.3 Å². The smallest absolute Gasteiger partial charge is 0.326 e. The lowest BCUT2D eigenvalue weighted by atomic mass is 10.0. The number of nitrogens with zero attached hydrogens (tertiary/aromatic N) is 3. The van der Waals surface area contributed by atoms with Gasteiger partial charge in [-0.25, -0.2) is 4.79 Å². The molecule has 0 radical (unpaired) electrons. The van der Waals surface area contributed by atoms with Gasteiger partial charge in [0.05, 0.1) is 0 Å². The third-order valence-corrected chi connectivity index (χ3v) is 5.56. The fourth-order valence-corrected chi connectivity index (χ4v) is 3.88. The van der Waals surface area contributed by atoms with Crippen LogP contribution < -0.4 is 5.32 Å². The first kappa shape index (κ1) is 19.2. The van der Waals surface area contributed by atoms with Crippen molar-refractivity contribution in [3.05, 3.63) is 47.3 Å². The molecule has 1 aromatic heterocycles. The van der Waals surface area contributed by atoms with E-state index in [1.807, 2.05) is 13.1 Å². The Morgan fingerprint density at radius 1 is 1.14 bits per heavy atom. The molecule has 1 aromatic carbocycles. The molecule has 8 heteroatoms. The highest BCUT2D eigenvalue weighted by Gasteiger charge is 2.32. The number of piperidine rings is 1. The first-order chi connectivity index (χ1) is 13.9. The molecule has 2 heterocycles. The maximum atomic E-state index is 12.9. The maximum absolute atomic E-state index is 12.9. The van der Waals surface area contributed by atoms with E-state index < -0.39 is 12.0 Å². The number of carboxylic acid groups (broad SMARTS) is 1. The van der Waals surface area contributed by atoms with Crippen molar-refractivity contribution in [2.45, 2.75) is 44.1 Å². The Morgan fingerprint density at radius 3 is 2.66 bits per heavy atom. The highest BCUT2D eigenvalue weighted by atomic mass is 16.4. The number of benzene rings is 1.